The van der Waals surface area contributed by atoms with Crippen molar-refractivity contribution in [3.8, 4) is 0 Å². The van der Waals surface area contributed by atoms with Crippen molar-refractivity contribution in [3.05, 3.63) is 25.3 Å². The number of ether oxygens (including phenoxy) is 2. The lowest BCUT2D eigenvalue weighted by atomic mass is 9.96. The fourth-order valence-electron chi connectivity index (χ4n) is 4.30. The van der Waals surface area contributed by atoms with Gasteiger partial charge >= 0.3 is 14.6 Å². The fraction of sp³-hybridized carbons (Fsp3) is 0.632. The Balaban J connectivity index is 1.44. The lowest BCUT2D eigenvalue weighted by Crippen LogP contribution is -2.61. The van der Waals surface area contributed by atoms with Crippen LogP contribution in [0.1, 0.15) is 6.23 Å². The number of aromatic nitrogens is 4. The predicted octanol–water partition coefficient (Wildman–Crippen LogP) is -2.09. The van der Waals surface area contributed by atoms with Gasteiger partial charge in [-0.05, 0) is 6.08 Å². The molecule has 2 fully saturated rings. The van der Waals surface area contributed by atoms with Crippen molar-refractivity contribution < 1.29 is 71.9 Å². The summed E-state index contributed by atoms with van der Waals surface area (Å²) in [5, 5.41) is 59.4. The van der Waals surface area contributed by atoms with Crippen LogP contribution in [0.2, 0.25) is 0 Å². The summed E-state index contributed by atoms with van der Waals surface area (Å²) in [6, 6.07) is 0. The maximum atomic E-state index is 15.9. The summed E-state index contributed by atoms with van der Waals surface area (Å²) < 4.78 is 66.8. The van der Waals surface area contributed by atoms with E-state index < -0.39 is 88.7 Å². The molecule has 42 heavy (non-hydrogen) atoms. The number of phosphoric ester groups is 1. The second kappa shape index (κ2) is 12.4. The number of thiol groups is 1. The van der Waals surface area contributed by atoms with Crippen molar-refractivity contribution in [2.24, 2.45) is 0 Å². The molecule has 2 saturated heterocycles. The number of hydrogen-bond acceptors (Lipinski definition) is 17. The van der Waals surface area contributed by atoms with Gasteiger partial charge in [-0.15, -0.1) is 0 Å². The molecule has 2 aromatic heterocycles. The number of anilines is 1. The van der Waals surface area contributed by atoms with E-state index in [0.29, 0.717) is 0 Å². The number of nitrogens with two attached hydrogens (primary N) is 1. The third-order valence-corrected chi connectivity index (χ3v) is 10.1. The van der Waals surface area contributed by atoms with Gasteiger partial charge in [0.25, 0.3) is 0 Å². The smallest absolute Gasteiger partial charge is 0.394 e. The average molecular weight is 663 g/mol. The number of nitrogens with zero attached hydrogens (tertiary/aromatic N) is 4. The van der Waals surface area contributed by atoms with E-state index in [0.717, 1.165) is 23.3 Å². The Bertz CT molecular complexity index is 1390. The summed E-state index contributed by atoms with van der Waals surface area (Å²) in [4.78, 5) is 21.9. The zero-order valence-electron chi connectivity index (χ0n) is 21.1. The molecule has 2 aliphatic heterocycles. The number of rotatable bonds is 11. The van der Waals surface area contributed by atoms with Crippen LogP contribution in [0.4, 0.5) is 10.2 Å². The van der Waals surface area contributed by atoms with Crippen molar-refractivity contribution >= 4 is 43.9 Å². The van der Waals surface area contributed by atoms with Crippen molar-refractivity contribution in [2.75, 3.05) is 18.9 Å². The van der Waals surface area contributed by atoms with E-state index >= 15 is 4.39 Å². The maximum absolute atomic E-state index is 15.9. The number of alkyl halides is 1. The van der Waals surface area contributed by atoms with Gasteiger partial charge in [0.05, 0.1) is 19.5 Å². The third-order valence-electron chi connectivity index (χ3n) is 6.46. The SMILES string of the molecule is C=C[C@@]1(F)[C@H](O)[C@@H](COP(=O)(S)OP(=O)(O)OC2OC([C@@H](O)CO)C(O)C(O)C2O)O[C@H]1n1cnc2c(N)ncnc21. The molecule has 0 radical (unpaired) electrons. The number of phosphoric acid groups is 1. The Morgan fingerprint density at radius 2 is 1.90 bits per heavy atom. The van der Waals surface area contributed by atoms with E-state index in [1.165, 1.54) is 0 Å². The van der Waals surface area contributed by atoms with Gasteiger partial charge in [-0.3, -0.25) is 13.6 Å². The van der Waals surface area contributed by atoms with Gasteiger partial charge in [0, 0.05) is 0 Å². The minimum absolute atomic E-state index is 0.0130. The molecular weight excluding hydrogens is 635 g/mol. The van der Waals surface area contributed by atoms with Gasteiger partial charge in [-0.1, -0.05) is 18.8 Å². The lowest BCUT2D eigenvalue weighted by molar-refractivity contribution is -0.292. The quantitative estimate of drug-likeness (QED) is 0.0707. The Hall–Kier alpha value is -1.65. The summed E-state index contributed by atoms with van der Waals surface area (Å²) in [6.45, 7) is -3.42. The van der Waals surface area contributed by atoms with Crippen LogP contribution in [-0.4, -0.2) is 123 Å². The van der Waals surface area contributed by atoms with Crippen LogP contribution >= 0.6 is 26.9 Å². The number of fused-ring (bicyclic) bond motifs is 1. The highest BCUT2D eigenvalue weighted by atomic mass is 32.7. The van der Waals surface area contributed by atoms with Gasteiger partial charge in [0.1, 0.15) is 54.6 Å². The van der Waals surface area contributed by atoms with Gasteiger partial charge in [-0.25, -0.2) is 28.5 Å². The molecule has 9 N–H and O–H groups in total. The van der Waals surface area contributed by atoms with E-state index in [9.17, 15) is 39.6 Å². The molecular formula is C19H28FN5O14P2S. The fourth-order valence-corrected chi connectivity index (χ4v) is 7.49. The van der Waals surface area contributed by atoms with Crippen LogP contribution in [0.3, 0.4) is 0 Å². The minimum atomic E-state index is -5.54. The van der Waals surface area contributed by atoms with E-state index in [4.69, 9.17) is 24.8 Å². The maximum Gasteiger partial charge on any atom is 0.482 e. The van der Waals surface area contributed by atoms with Crippen molar-refractivity contribution in [3.63, 3.8) is 0 Å². The molecule has 0 aromatic carbocycles. The number of hydrogen-bond donors (Lipinski definition) is 9. The molecule has 0 amide bonds. The first-order valence-corrected chi connectivity index (χ1v) is 16.0. The average Bonchev–Trinajstić information content (AvgIpc) is 3.46. The van der Waals surface area contributed by atoms with Crippen molar-refractivity contribution in [1.82, 2.24) is 19.5 Å². The number of aliphatic hydroxyl groups excluding tert-OH is 6. The number of halogens is 1. The van der Waals surface area contributed by atoms with Crippen molar-refractivity contribution in [1.29, 1.82) is 0 Å². The van der Waals surface area contributed by atoms with E-state index in [1.807, 2.05) is 0 Å². The molecule has 2 aromatic rings. The molecule has 0 bridgehead atoms. The number of aliphatic hydroxyl groups is 6. The Labute approximate surface area is 240 Å². The number of imidazole rings is 1. The molecule has 12 atom stereocenters. The first kappa shape index (κ1) is 33.2. The molecule has 0 saturated carbocycles. The first-order chi connectivity index (χ1) is 19.5. The second-order valence-corrected chi connectivity index (χ2v) is 13.7. The molecule has 23 heteroatoms. The molecule has 7 unspecified atom stereocenters. The summed E-state index contributed by atoms with van der Waals surface area (Å²) >= 11 is 3.56. The largest absolute Gasteiger partial charge is 0.482 e. The molecule has 4 heterocycles. The Kier molecular flexibility index (Phi) is 9.81. The molecule has 4 rings (SSSR count). The van der Waals surface area contributed by atoms with Crippen LogP contribution in [0, 0.1) is 0 Å². The standard InChI is InChI=1S/C19H28FN5O14P2S/c1-2-19(20)14(31)8(36-18(19)25-6-24-9-15(21)22-5-23-16(9)25)4-35-41(34,42)39-40(32,33)38-17-12(30)10(28)11(29)13(37-17)7(27)3-26/h2,5-8,10-14,17-18,26-31H,1,3-4H2,(H,32,33)(H,34,42)(H2,21,22,23)/t7-,8+,10?,11?,12?,13?,14+,17?,18+,19+,41?/m0/s1. The van der Waals surface area contributed by atoms with Gasteiger partial charge in [0.2, 0.25) is 5.67 Å². The zero-order valence-corrected chi connectivity index (χ0v) is 23.8. The molecule has 2 aliphatic rings. The van der Waals surface area contributed by atoms with Gasteiger partial charge in [0.15, 0.2) is 24.0 Å². The lowest BCUT2D eigenvalue weighted by Gasteiger charge is -2.41. The second-order valence-electron chi connectivity index (χ2n) is 9.20. The monoisotopic (exact) mass is 663 g/mol. The summed E-state index contributed by atoms with van der Waals surface area (Å²) in [7, 11) is -5.54. The van der Waals surface area contributed by atoms with Crippen LogP contribution in [-0.2, 0) is 32.0 Å². The third kappa shape index (κ3) is 6.41. The van der Waals surface area contributed by atoms with Crippen LogP contribution in [0.15, 0.2) is 25.3 Å². The van der Waals surface area contributed by atoms with E-state index in [1.54, 1.807) is 0 Å². The van der Waals surface area contributed by atoms with Crippen LogP contribution in [0.25, 0.3) is 11.2 Å². The molecule has 0 spiro atoms. The Morgan fingerprint density at radius 1 is 1.21 bits per heavy atom. The Morgan fingerprint density at radius 3 is 2.55 bits per heavy atom. The number of nitrogen functional groups attached to an aromatic ring is 1. The zero-order chi connectivity index (χ0) is 31.2. The van der Waals surface area contributed by atoms with E-state index in [-0.39, 0.29) is 17.0 Å². The molecule has 19 nitrogen and oxygen atoms in total. The topological polar surface area (TPSA) is 292 Å². The predicted molar refractivity (Wildman–Crippen MR) is 138 cm³/mol. The highest BCUT2D eigenvalue weighted by Crippen LogP contribution is 2.66. The minimum Gasteiger partial charge on any atom is -0.394 e. The molecule has 236 valence electrons. The first-order valence-electron chi connectivity index (χ1n) is 11.8. The normalized spacial score (nSPS) is 37.3. The van der Waals surface area contributed by atoms with E-state index in [2.05, 4.69) is 42.6 Å². The highest BCUT2D eigenvalue weighted by Gasteiger charge is 2.57. The van der Waals surface area contributed by atoms with Gasteiger partial charge in [-0.2, -0.15) is 4.31 Å². The summed E-state index contributed by atoms with van der Waals surface area (Å²) in [6.07, 6.45) is -14.3. The summed E-state index contributed by atoms with van der Waals surface area (Å²) in [5.41, 5.74) is 3.22. The van der Waals surface area contributed by atoms with Crippen LogP contribution in [0.5, 0.6) is 0 Å². The highest BCUT2D eigenvalue weighted by molar-refractivity contribution is 8.45. The van der Waals surface area contributed by atoms with Crippen molar-refractivity contribution in [2.45, 2.75) is 60.9 Å². The molecule has 0 aliphatic carbocycles. The van der Waals surface area contributed by atoms with Crippen LogP contribution < -0.4 is 5.73 Å². The van der Waals surface area contributed by atoms with Gasteiger partial charge < -0.3 is 50.7 Å². The summed E-state index contributed by atoms with van der Waals surface area (Å²) in [5.74, 6) is -0.0130.